The Labute approximate surface area is 73.0 Å². The lowest BCUT2D eigenvalue weighted by Gasteiger charge is -2.23. The van der Waals surface area contributed by atoms with Crippen molar-refractivity contribution in [1.82, 2.24) is 0 Å². The zero-order valence-corrected chi connectivity index (χ0v) is 8.00. The highest BCUT2D eigenvalue weighted by molar-refractivity contribution is 5.75. The number of hydrogen-bond acceptors (Lipinski definition) is 3. The molecular formula is C9H16O3. The highest BCUT2D eigenvalue weighted by Crippen LogP contribution is 2.19. The van der Waals surface area contributed by atoms with Crippen molar-refractivity contribution in [2.45, 2.75) is 26.4 Å². The fourth-order valence-electron chi connectivity index (χ4n) is 0.922. The van der Waals surface area contributed by atoms with Crippen LogP contribution in [0.1, 0.15) is 20.8 Å². The topological polar surface area (TPSA) is 46.5 Å². The van der Waals surface area contributed by atoms with E-state index in [-0.39, 0.29) is 0 Å². The third-order valence-corrected chi connectivity index (χ3v) is 1.60. The summed E-state index contributed by atoms with van der Waals surface area (Å²) in [5.41, 5.74) is -1.07. The molecule has 0 heterocycles. The maximum atomic E-state index is 11.1. The summed E-state index contributed by atoms with van der Waals surface area (Å²) < 4.78 is 4.54. The van der Waals surface area contributed by atoms with E-state index < -0.39 is 17.5 Å². The SMILES string of the molecule is C/C=C\C(C(=O)OC)C(C)(C)O. The fourth-order valence-corrected chi connectivity index (χ4v) is 0.922. The normalized spacial score (nSPS) is 14.8. The molecule has 0 spiro atoms. The summed E-state index contributed by atoms with van der Waals surface area (Å²) in [4.78, 5) is 11.1. The van der Waals surface area contributed by atoms with Crippen LogP contribution in [0.2, 0.25) is 0 Å². The molecule has 3 heteroatoms. The Morgan fingerprint density at radius 3 is 2.33 bits per heavy atom. The van der Waals surface area contributed by atoms with Crippen LogP contribution in [0, 0.1) is 5.92 Å². The maximum absolute atomic E-state index is 11.1. The lowest BCUT2D eigenvalue weighted by Crippen LogP contribution is -2.36. The average molecular weight is 172 g/mol. The molecule has 0 saturated carbocycles. The van der Waals surface area contributed by atoms with Crippen molar-refractivity contribution in [2.75, 3.05) is 7.11 Å². The molecule has 0 rings (SSSR count). The van der Waals surface area contributed by atoms with E-state index in [1.807, 2.05) is 0 Å². The minimum absolute atomic E-state index is 0.416. The summed E-state index contributed by atoms with van der Waals surface area (Å²) in [5, 5.41) is 9.56. The van der Waals surface area contributed by atoms with Crippen molar-refractivity contribution in [3.63, 3.8) is 0 Å². The van der Waals surface area contributed by atoms with Gasteiger partial charge in [-0.1, -0.05) is 12.2 Å². The summed E-state index contributed by atoms with van der Waals surface area (Å²) in [6.45, 7) is 4.95. The largest absolute Gasteiger partial charge is 0.468 e. The lowest BCUT2D eigenvalue weighted by atomic mass is 9.91. The molecule has 0 aliphatic rings. The van der Waals surface area contributed by atoms with Crippen LogP contribution in [-0.4, -0.2) is 23.8 Å². The number of ether oxygens (including phenoxy) is 1. The van der Waals surface area contributed by atoms with Crippen LogP contribution in [-0.2, 0) is 9.53 Å². The Morgan fingerprint density at radius 1 is 1.58 bits per heavy atom. The lowest BCUT2D eigenvalue weighted by molar-refractivity contribution is -0.150. The number of carbonyl (C=O) groups is 1. The molecule has 0 radical (unpaired) electrons. The molecule has 0 aromatic carbocycles. The molecule has 12 heavy (non-hydrogen) atoms. The third kappa shape index (κ3) is 3.05. The first-order valence-electron chi connectivity index (χ1n) is 3.86. The van der Waals surface area contributed by atoms with Crippen LogP contribution < -0.4 is 0 Å². The van der Waals surface area contributed by atoms with E-state index in [9.17, 15) is 9.90 Å². The maximum Gasteiger partial charge on any atom is 0.315 e. The number of methoxy groups -OCH3 is 1. The third-order valence-electron chi connectivity index (χ3n) is 1.60. The monoisotopic (exact) mass is 172 g/mol. The van der Waals surface area contributed by atoms with Crippen LogP contribution >= 0.6 is 0 Å². The zero-order valence-electron chi connectivity index (χ0n) is 8.00. The van der Waals surface area contributed by atoms with Gasteiger partial charge in [-0.25, -0.2) is 0 Å². The van der Waals surface area contributed by atoms with Gasteiger partial charge in [0, 0.05) is 0 Å². The number of carbonyl (C=O) groups excluding carboxylic acids is 1. The first kappa shape index (κ1) is 11.2. The van der Waals surface area contributed by atoms with Crippen LogP contribution in [0.25, 0.3) is 0 Å². The van der Waals surface area contributed by atoms with Gasteiger partial charge in [-0.2, -0.15) is 0 Å². The smallest absolute Gasteiger partial charge is 0.315 e. The van der Waals surface area contributed by atoms with Crippen molar-refractivity contribution < 1.29 is 14.6 Å². The standard InChI is InChI=1S/C9H16O3/c1-5-6-7(8(10)12-4)9(2,3)11/h5-7,11H,1-4H3/b6-5-. The van der Waals surface area contributed by atoms with Crippen LogP contribution in [0.5, 0.6) is 0 Å². The summed E-state index contributed by atoms with van der Waals surface area (Å²) in [6, 6.07) is 0. The van der Waals surface area contributed by atoms with Gasteiger partial charge in [0.1, 0.15) is 5.92 Å². The highest BCUT2D eigenvalue weighted by Gasteiger charge is 2.31. The molecule has 70 valence electrons. The second-order valence-electron chi connectivity index (χ2n) is 3.18. The average Bonchev–Trinajstić information content (AvgIpc) is 1.96. The fraction of sp³-hybridized carbons (Fsp3) is 0.667. The zero-order chi connectivity index (χ0) is 9.78. The predicted molar refractivity (Wildman–Crippen MR) is 46.6 cm³/mol. The van der Waals surface area contributed by atoms with E-state index in [1.165, 1.54) is 7.11 Å². The quantitative estimate of drug-likeness (QED) is 0.512. The van der Waals surface area contributed by atoms with Gasteiger partial charge in [0.25, 0.3) is 0 Å². The van der Waals surface area contributed by atoms with E-state index in [0.717, 1.165) is 0 Å². The van der Waals surface area contributed by atoms with Crippen molar-refractivity contribution in [3.05, 3.63) is 12.2 Å². The molecule has 0 aromatic rings. The Hall–Kier alpha value is -0.830. The Bertz CT molecular complexity index is 177. The molecule has 3 nitrogen and oxygen atoms in total. The van der Waals surface area contributed by atoms with Crippen LogP contribution in [0.3, 0.4) is 0 Å². The first-order valence-corrected chi connectivity index (χ1v) is 3.86. The van der Waals surface area contributed by atoms with Gasteiger partial charge < -0.3 is 9.84 Å². The van der Waals surface area contributed by atoms with Gasteiger partial charge in [0.15, 0.2) is 0 Å². The molecular weight excluding hydrogens is 156 g/mol. The van der Waals surface area contributed by atoms with Gasteiger partial charge in [0.05, 0.1) is 12.7 Å². The molecule has 1 atom stereocenters. The summed E-state index contributed by atoms with van der Waals surface area (Å²) >= 11 is 0. The van der Waals surface area contributed by atoms with Crippen molar-refractivity contribution in [2.24, 2.45) is 5.92 Å². The minimum atomic E-state index is -1.07. The Balaban J connectivity index is 4.55. The summed E-state index contributed by atoms with van der Waals surface area (Å²) in [5.74, 6) is -1.01. The van der Waals surface area contributed by atoms with Gasteiger partial charge in [-0.15, -0.1) is 0 Å². The molecule has 0 amide bonds. The second kappa shape index (κ2) is 4.26. The van der Waals surface area contributed by atoms with E-state index in [1.54, 1.807) is 32.9 Å². The molecule has 1 N–H and O–H groups in total. The summed E-state index contributed by atoms with van der Waals surface area (Å²) in [6.07, 6.45) is 3.35. The summed E-state index contributed by atoms with van der Waals surface area (Å²) in [7, 11) is 1.31. The van der Waals surface area contributed by atoms with E-state index in [0.29, 0.717) is 0 Å². The molecule has 0 fully saturated rings. The van der Waals surface area contributed by atoms with Gasteiger partial charge in [-0.05, 0) is 20.8 Å². The minimum Gasteiger partial charge on any atom is -0.468 e. The second-order valence-corrected chi connectivity index (χ2v) is 3.18. The van der Waals surface area contributed by atoms with Crippen molar-refractivity contribution >= 4 is 5.97 Å². The number of hydrogen-bond donors (Lipinski definition) is 1. The van der Waals surface area contributed by atoms with E-state index in [2.05, 4.69) is 4.74 Å². The van der Waals surface area contributed by atoms with E-state index in [4.69, 9.17) is 0 Å². The van der Waals surface area contributed by atoms with E-state index >= 15 is 0 Å². The molecule has 0 saturated heterocycles. The molecule has 0 aliphatic heterocycles. The Morgan fingerprint density at radius 2 is 2.08 bits per heavy atom. The van der Waals surface area contributed by atoms with Gasteiger partial charge in [-0.3, -0.25) is 4.79 Å². The molecule has 0 aromatic heterocycles. The number of aliphatic hydroxyl groups is 1. The van der Waals surface area contributed by atoms with Crippen molar-refractivity contribution in [1.29, 1.82) is 0 Å². The highest BCUT2D eigenvalue weighted by atomic mass is 16.5. The number of allylic oxidation sites excluding steroid dienone is 1. The van der Waals surface area contributed by atoms with Gasteiger partial charge in [0.2, 0.25) is 0 Å². The number of rotatable bonds is 3. The predicted octanol–water partition coefficient (Wildman–Crippen LogP) is 1.12. The van der Waals surface area contributed by atoms with Crippen LogP contribution in [0.15, 0.2) is 12.2 Å². The Kier molecular flexibility index (Phi) is 3.96. The van der Waals surface area contributed by atoms with Crippen molar-refractivity contribution in [3.8, 4) is 0 Å². The number of esters is 1. The molecule has 0 bridgehead atoms. The molecule has 1 unspecified atom stereocenters. The van der Waals surface area contributed by atoms with Crippen LogP contribution in [0.4, 0.5) is 0 Å². The van der Waals surface area contributed by atoms with Gasteiger partial charge >= 0.3 is 5.97 Å². The first-order chi connectivity index (χ1) is 5.43. The molecule has 0 aliphatic carbocycles.